The Morgan fingerprint density at radius 3 is 2.65 bits per heavy atom. The fourth-order valence-electron chi connectivity index (χ4n) is 1.37. The summed E-state index contributed by atoms with van der Waals surface area (Å²) in [4.78, 5) is 15.6. The molecule has 0 spiro atoms. The van der Waals surface area contributed by atoms with Crippen LogP contribution < -0.4 is 0 Å². The maximum Gasteiger partial charge on any atom is 0.355 e. The summed E-state index contributed by atoms with van der Waals surface area (Å²) in [6, 6.07) is 5.03. The van der Waals surface area contributed by atoms with Crippen LogP contribution in [0.4, 0.5) is 0 Å². The summed E-state index contributed by atoms with van der Waals surface area (Å²) in [6.45, 7) is 1.72. The highest BCUT2D eigenvalue weighted by Crippen LogP contribution is 2.34. The Kier molecular flexibility index (Phi) is 3.38. The predicted molar refractivity (Wildman–Crippen MR) is 69.3 cm³/mol. The van der Waals surface area contributed by atoms with Crippen molar-refractivity contribution in [2.75, 3.05) is 0 Å². The van der Waals surface area contributed by atoms with Crippen LogP contribution in [0.3, 0.4) is 0 Å². The first-order valence-electron chi connectivity index (χ1n) is 4.65. The van der Waals surface area contributed by atoms with E-state index in [1.807, 2.05) is 0 Å². The fraction of sp³-hybridized carbons (Fsp3) is 0.0909. The van der Waals surface area contributed by atoms with Gasteiger partial charge in [0.15, 0.2) is 5.69 Å². The Balaban J connectivity index is 2.53. The molecule has 1 N–H and O–H groups in total. The highest BCUT2D eigenvalue weighted by atomic mass is 35.5. The summed E-state index contributed by atoms with van der Waals surface area (Å²) in [5.41, 5.74) is 0.757. The van der Waals surface area contributed by atoms with Crippen molar-refractivity contribution < 1.29 is 9.90 Å². The number of aromatic carboxylic acids is 1. The van der Waals surface area contributed by atoms with Gasteiger partial charge in [0.1, 0.15) is 5.01 Å². The second-order valence-electron chi connectivity index (χ2n) is 3.35. The third-order valence-electron chi connectivity index (χ3n) is 2.16. The zero-order chi connectivity index (χ0) is 12.6. The minimum absolute atomic E-state index is 0.0658. The van der Waals surface area contributed by atoms with Gasteiger partial charge in [-0.15, -0.1) is 11.3 Å². The number of halogens is 2. The number of carboxylic acid groups (broad SMARTS) is 1. The molecule has 0 saturated carbocycles. The molecule has 0 unspecified atom stereocenters. The molecule has 1 heterocycles. The summed E-state index contributed by atoms with van der Waals surface area (Å²) in [5, 5.41) is 10.5. The molecule has 0 aliphatic carbocycles. The Bertz CT molecular complexity index is 595. The van der Waals surface area contributed by atoms with Gasteiger partial charge in [0.25, 0.3) is 0 Å². The van der Waals surface area contributed by atoms with Gasteiger partial charge in [-0.05, 0) is 25.1 Å². The Morgan fingerprint density at radius 1 is 1.41 bits per heavy atom. The van der Waals surface area contributed by atoms with Crippen molar-refractivity contribution in [2.45, 2.75) is 6.92 Å². The molecule has 2 aromatic rings. The standard InChI is InChI=1S/C11H7Cl2NO2S/c1-5-9(11(15)16)14-10(17-5)7-3-2-6(12)4-8(7)13/h2-4H,1H3,(H,15,16). The van der Waals surface area contributed by atoms with Gasteiger partial charge >= 0.3 is 5.97 Å². The molecule has 3 nitrogen and oxygen atoms in total. The predicted octanol–water partition coefficient (Wildman–Crippen LogP) is 4.12. The number of hydrogen-bond donors (Lipinski definition) is 1. The van der Waals surface area contributed by atoms with Crippen LogP contribution >= 0.6 is 34.5 Å². The minimum Gasteiger partial charge on any atom is -0.476 e. The van der Waals surface area contributed by atoms with E-state index in [-0.39, 0.29) is 5.69 Å². The van der Waals surface area contributed by atoms with Gasteiger partial charge in [-0.1, -0.05) is 23.2 Å². The van der Waals surface area contributed by atoms with Crippen molar-refractivity contribution in [3.8, 4) is 10.6 Å². The van der Waals surface area contributed by atoms with Gasteiger partial charge in [-0.25, -0.2) is 9.78 Å². The molecule has 0 aliphatic rings. The number of benzene rings is 1. The molecule has 0 saturated heterocycles. The van der Waals surface area contributed by atoms with E-state index >= 15 is 0 Å². The van der Waals surface area contributed by atoms with Crippen molar-refractivity contribution in [1.82, 2.24) is 4.98 Å². The molecule has 0 atom stereocenters. The summed E-state index contributed by atoms with van der Waals surface area (Å²) < 4.78 is 0. The minimum atomic E-state index is -1.03. The normalized spacial score (nSPS) is 10.5. The fourth-order valence-corrected chi connectivity index (χ4v) is 2.87. The van der Waals surface area contributed by atoms with Crippen LogP contribution in [-0.4, -0.2) is 16.1 Å². The maximum absolute atomic E-state index is 10.9. The molecule has 17 heavy (non-hydrogen) atoms. The molecular weight excluding hydrogens is 281 g/mol. The first-order valence-corrected chi connectivity index (χ1v) is 6.22. The van der Waals surface area contributed by atoms with Crippen molar-refractivity contribution in [2.24, 2.45) is 0 Å². The van der Waals surface area contributed by atoms with Crippen molar-refractivity contribution >= 4 is 40.5 Å². The molecule has 0 fully saturated rings. The number of carboxylic acids is 1. The summed E-state index contributed by atoms with van der Waals surface area (Å²) in [5.74, 6) is -1.03. The first kappa shape index (κ1) is 12.4. The van der Waals surface area contributed by atoms with E-state index in [9.17, 15) is 4.79 Å². The third kappa shape index (κ3) is 2.44. The average Bonchev–Trinajstić information content (AvgIpc) is 2.60. The lowest BCUT2D eigenvalue weighted by atomic mass is 10.2. The number of aromatic nitrogens is 1. The van der Waals surface area contributed by atoms with E-state index in [1.165, 1.54) is 11.3 Å². The number of hydrogen-bond acceptors (Lipinski definition) is 3. The molecule has 2 rings (SSSR count). The van der Waals surface area contributed by atoms with Crippen LogP contribution in [0.5, 0.6) is 0 Å². The number of thiazole rings is 1. The largest absolute Gasteiger partial charge is 0.476 e. The van der Waals surface area contributed by atoms with E-state index in [4.69, 9.17) is 28.3 Å². The van der Waals surface area contributed by atoms with Crippen LogP contribution in [0.2, 0.25) is 10.0 Å². The second kappa shape index (κ2) is 4.64. The lowest BCUT2D eigenvalue weighted by Crippen LogP contribution is -1.98. The zero-order valence-electron chi connectivity index (χ0n) is 8.70. The van der Waals surface area contributed by atoms with Gasteiger partial charge in [-0.3, -0.25) is 0 Å². The average molecular weight is 288 g/mol. The number of nitrogens with zero attached hydrogens (tertiary/aromatic N) is 1. The van der Waals surface area contributed by atoms with Gasteiger partial charge in [-0.2, -0.15) is 0 Å². The van der Waals surface area contributed by atoms with E-state index in [0.717, 1.165) is 0 Å². The number of aryl methyl sites for hydroxylation is 1. The van der Waals surface area contributed by atoms with Crippen LogP contribution in [0.1, 0.15) is 15.4 Å². The Labute approximate surface area is 112 Å². The van der Waals surface area contributed by atoms with E-state index in [0.29, 0.717) is 25.5 Å². The number of rotatable bonds is 2. The SMILES string of the molecule is Cc1sc(-c2ccc(Cl)cc2Cl)nc1C(=O)O. The van der Waals surface area contributed by atoms with E-state index in [2.05, 4.69) is 4.98 Å². The second-order valence-corrected chi connectivity index (χ2v) is 5.40. The molecule has 1 aromatic heterocycles. The van der Waals surface area contributed by atoms with Crippen molar-refractivity contribution in [3.05, 3.63) is 38.8 Å². The van der Waals surface area contributed by atoms with Crippen molar-refractivity contribution in [3.63, 3.8) is 0 Å². The Hall–Kier alpha value is -1.10. The van der Waals surface area contributed by atoms with Crippen LogP contribution in [0.15, 0.2) is 18.2 Å². The molecule has 1 aromatic carbocycles. The summed E-state index contributed by atoms with van der Waals surface area (Å²) >= 11 is 13.1. The topological polar surface area (TPSA) is 50.2 Å². The maximum atomic E-state index is 10.9. The summed E-state index contributed by atoms with van der Waals surface area (Å²) in [7, 11) is 0. The smallest absolute Gasteiger partial charge is 0.355 e. The molecule has 0 aliphatic heterocycles. The quantitative estimate of drug-likeness (QED) is 0.904. The molecule has 0 radical (unpaired) electrons. The zero-order valence-corrected chi connectivity index (χ0v) is 11.0. The number of carbonyl (C=O) groups is 1. The van der Waals surface area contributed by atoms with Gasteiger partial charge < -0.3 is 5.11 Å². The molecule has 0 amide bonds. The lowest BCUT2D eigenvalue weighted by Gasteiger charge is -1.99. The molecule has 0 bridgehead atoms. The third-order valence-corrected chi connectivity index (χ3v) is 3.71. The van der Waals surface area contributed by atoms with E-state index < -0.39 is 5.97 Å². The van der Waals surface area contributed by atoms with Crippen LogP contribution in [-0.2, 0) is 0 Å². The summed E-state index contributed by atoms with van der Waals surface area (Å²) in [6.07, 6.45) is 0. The Morgan fingerprint density at radius 2 is 2.12 bits per heavy atom. The van der Waals surface area contributed by atoms with Gasteiger partial charge in [0.05, 0.1) is 5.02 Å². The van der Waals surface area contributed by atoms with Crippen LogP contribution in [0.25, 0.3) is 10.6 Å². The van der Waals surface area contributed by atoms with Gasteiger partial charge in [0.2, 0.25) is 0 Å². The molecule has 88 valence electrons. The highest BCUT2D eigenvalue weighted by molar-refractivity contribution is 7.15. The van der Waals surface area contributed by atoms with Crippen molar-refractivity contribution in [1.29, 1.82) is 0 Å². The molecule has 6 heteroatoms. The van der Waals surface area contributed by atoms with Crippen LogP contribution in [0, 0.1) is 6.92 Å². The van der Waals surface area contributed by atoms with Gasteiger partial charge in [0, 0.05) is 15.5 Å². The highest BCUT2D eigenvalue weighted by Gasteiger charge is 2.16. The lowest BCUT2D eigenvalue weighted by molar-refractivity contribution is 0.0690. The first-order chi connectivity index (χ1) is 7.99. The van der Waals surface area contributed by atoms with E-state index in [1.54, 1.807) is 25.1 Å². The molecular formula is C11H7Cl2NO2S. The monoisotopic (exact) mass is 287 g/mol.